The first-order valence-corrected chi connectivity index (χ1v) is 12.5. The van der Waals surface area contributed by atoms with Gasteiger partial charge in [-0.2, -0.15) is 0 Å². The van der Waals surface area contributed by atoms with E-state index in [1.165, 1.54) is 25.8 Å². The first-order valence-electron chi connectivity index (χ1n) is 12.1. The number of nitrogens with zero attached hydrogens (tertiary/aromatic N) is 2. The van der Waals surface area contributed by atoms with Gasteiger partial charge in [0.25, 0.3) is 0 Å². The van der Waals surface area contributed by atoms with Gasteiger partial charge in [0.1, 0.15) is 0 Å². The zero-order valence-electron chi connectivity index (χ0n) is 19.3. The monoisotopic (exact) mass is 461 g/mol. The second kappa shape index (κ2) is 11.0. The SMILES string of the molecule is COC(C)CC(=O)N[C@H]1CC[C@H](CCN2CCC(c3noc4cc(Cl)ccc34)CC2)CC1. The molecule has 2 heterocycles. The Morgan fingerprint density at radius 2 is 2.00 bits per heavy atom. The molecular formula is C25H36ClN3O3. The van der Waals surface area contributed by atoms with Gasteiger partial charge in [0, 0.05) is 35.5 Å². The van der Waals surface area contributed by atoms with Gasteiger partial charge in [0.2, 0.25) is 5.91 Å². The fourth-order valence-electron chi connectivity index (χ4n) is 5.25. The van der Waals surface area contributed by atoms with Crippen molar-refractivity contribution in [3.63, 3.8) is 0 Å². The molecule has 4 rings (SSSR count). The van der Waals surface area contributed by atoms with Gasteiger partial charge in [-0.05, 0) is 89.6 Å². The number of hydrogen-bond acceptors (Lipinski definition) is 5. The summed E-state index contributed by atoms with van der Waals surface area (Å²) < 4.78 is 10.7. The Hall–Kier alpha value is -1.63. The summed E-state index contributed by atoms with van der Waals surface area (Å²) in [6.07, 6.45) is 8.58. The minimum Gasteiger partial charge on any atom is -0.381 e. The molecule has 0 spiro atoms. The Morgan fingerprint density at radius 3 is 2.72 bits per heavy atom. The lowest BCUT2D eigenvalue weighted by atomic mass is 9.83. The van der Waals surface area contributed by atoms with Crippen LogP contribution in [0.5, 0.6) is 0 Å². The molecule has 2 fully saturated rings. The summed E-state index contributed by atoms with van der Waals surface area (Å²) in [4.78, 5) is 14.7. The van der Waals surface area contributed by atoms with Crippen molar-refractivity contribution >= 4 is 28.5 Å². The van der Waals surface area contributed by atoms with E-state index in [2.05, 4.69) is 15.4 Å². The number of methoxy groups -OCH3 is 1. The summed E-state index contributed by atoms with van der Waals surface area (Å²) in [5.41, 5.74) is 1.88. The number of benzene rings is 1. The molecule has 0 radical (unpaired) electrons. The highest BCUT2D eigenvalue weighted by atomic mass is 35.5. The van der Waals surface area contributed by atoms with E-state index in [1.54, 1.807) is 7.11 Å². The van der Waals surface area contributed by atoms with Crippen molar-refractivity contribution in [3.05, 3.63) is 28.9 Å². The van der Waals surface area contributed by atoms with E-state index in [9.17, 15) is 4.79 Å². The predicted octanol–water partition coefficient (Wildman–Crippen LogP) is 5.15. The second-order valence-electron chi connectivity index (χ2n) is 9.65. The third kappa shape index (κ3) is 6.03. The number of likely N-dealkylation sites (tertiary alicyclic amines) is 1. The van der Waals surface area contributed by atoms with Crippen molar-refractivity contribution in [3.8, 4) is 0 Å². The van der Waals surface area contributed by atoms with E-state index in [4.69, 9.17) is 20.9 Å². The molecule has 1 saturated heterocycles. The van der Waals surface area contributed by atoms with Gasteiger partial charge in [-0.15, -0.1) is 0 Å². The summed E-state index contributed by atoms with van der Waals surface area (Å²) in [7, 11) is 1.65. The number of nitrogens with one attached hydrogen (secondary N) is 1. The van der Waals surface area contributed by atoms with Gasteiger partial charge in [-0.25, -0.2) is 0 Å². The molecule has 2 aliphatic rings. The maximum atomic E-state index is 12.1. The minimum absolute atomic E-state index is 0.0167. The molecule has 1 saturated carbocycles. The number of carbonyl (C=O) groups is 1. The molecular weight excluding hydrogens is 426 g/mol. The maximum Gasteiger partial charge on any atom is 0.222 e. The van der Waals surface area contributed by atoms with Crippen molar-refractivity contribution in [2.24, 2.45) is 5.92 Å². The van der Waals surface area contributed by atoms with Crippen molar-refractivity contribution in [1.82, 2.24) is 15.4 Å². The van der Waals surface area contributed by atoms with Crippen LogP contribution in [-0.2, 0) is 9.53 Å². The van der Waals surface area contributed by atoms with Gasteiger partial charge >= 0.3 is 0 Å². The van der Waals surface area contributed by atoms with E-state index in [1.807, 2.05) is 25.1 Å². The average molecular weight is 462 g/mol. The van der Waals surface area contributed by atoms with Crippen LogP contribution in [0.3, 0.4) is 0 Å². The summed E-state index contributed by atoms with van der Waals surface area (Å²) in [6, 6.07) is 6.14. The van der Waals surface area contributed by atoms with E-state index in [-0.39, 0.29) is 12.0 Å². The van der Waals surface area contributed by atoms with Crippen molar-refractivity contribution in [2.75, 3.05) is 26.7 Å². The fourth-order valence-corrected chi connectivity index (χ4v) is 5.41. The first-order chi connectivity index (χ1) is 15.5. The van der Waals surface area contributed by atoms with E-state index >= 15 is 0 Å². The quantitative estimate of drug-likeness (QED) is 0.588. The standard InChI is InChI=1S/C25H36ClN3O3/c1-17(31-2)15-24(30)27-21-6-3-18(4-7-21)9-12-29-13-10-19(11-14-29)25-22-8-5-20(26)16-23(22)32-28-25/h5,8,16-19,21H,3-4,6-7,9-15H2,1-2H3,(H,27,30)/t17?,18-,21-. The lowest BCUT2D eigenvalue weighted by molar-refractivity contribution is -0.124. The molecule has 1 N–H and O–H groups in total. The normalized spacial score (nSPS) is 24.0. The number of amides is 1. The Morgan fingerprint density at radius 1 is 1.25 bits per heavy atom. The molecule has 6 nitrogen and oxygen atoms in total. The van der Waals surface area contributed by atoms with Crippen LogP contribution in [0.15, 0.2) is 22.7 Å². The van der Waals surface area contributed by atoms with Gasteiger partial charge in [-0.3, -0.25) is 4.79 Å². The van der Waals surface area contributed by atoms with Crippen LogP contribution in [0, 0.1) is 5.92 Å². The molecule has 1 unspecified atom stereocenters. The highest BCUT2D eigenvalue weighted by molar-refractivity contribution is 6.31. The highest BCUT2D eigenvalue weighted by Gasteiger charge is 2.27. The van der Waals surface area contributed by atoms with Gasteiger partial charge in [-0.1, -0.05) is 16.8 Å². The van der Waals surface area contributed by atoms with Crippen LogP contribution < -0.4 is 5.32 Å². The molecule has 7 heteroatoms. The molecule has 1 aromatic carbocycles. The lowest BCUT2D eigenvalue weighted by Crippen LogP contribution is -2.39. The lowest BCUT2D eigenvalue weighted by Gasteiger charge is -2.34. The third-order valence-corrected chi connectivity index (χ3v) is 7.61. The second-order valence-corrected chi connectivity index (χ2v) is 10.1. The number of rotatable bonds is 8. The molecule has 1 aromatic heterocycles. The van der Waals surface area contributed by atoms with Crippen molar-refractivity contribution in [1.29, 1.82) is 0 Å². The van der Waals surface area contributed by atoms with Crippen molar-refractivity contribution < 1.29 is 14.1 Å². The van der Waals surface area contributed by atoms with Crippen LogP contribution in [0.2, 0.25) is 5.02 Å². The number of piperidine rings is 1. The van der Waals surface area contributed by atoms with Crippen LogP contribution in [-0.4, -0.2) is 54.9 Å². The van der Waals surface area contributed by atoms with Crippen LogP contribution in [0.4, 0.5) is 0 Å². The number of ether oxygens (including phenoxy) is 1. The molecule has 1 amide bonds. The Labute approximate surface area is 196 Å². The third-order valence-electron chi connectivity index (χ3n) is 7.38. The molecule has 1 aliphatic heterocycles. The van der Waals surface area contributed by atoms with E-state index in [0.29, 0.717) is 23.4 Å². The molecule has 0 bridgehead atoms. The minimum atomic E-state index is -0.0167. The van der Waals surface area contributed by atoms with Crippen LogP contribution in [0.1, 0.15) is 69.9 Å². The van der Waals surface area contributed by atoms with Gasteiger partial charge < -0.3 is 19.5 Å². The number of fused-ring (bicyclic) bond motifs is 1. The van der Waals surface area contributed by atoms with Crippen molar-refractivity contribution in [2.45, 2.75) is 76.4 Å². The first kappa shape index (κ1) is 23.5. The zero-order valence-corrected chi connectivity index (χ0v) is 20.1. The Balaban J connectivity index is 1.16. The number of carbonyl (C=O) groups excluding carboxylic acids is 1. The van der Waals surface area contributed by atoms with E-state index < -0.39 is 0 Å². The fraction of sp³-hybridized carbons (Fsp3) is 0.680. The maximum absolute atomic E-state index is 12.1. The smallest absolute Gasteiger partial charge is 0.222 e. The molecule has 1 aliphatic carbocycles. The molecule has 32 heavy (non-hydrogen) atoms. The van der Waals surface area contributed by atoms with Gasteiger partial charge in [0.15, 0.2) is 5.58 Å². The van der Waals surface area contributed by atoms with Crippen LogP contribution >= 0.6 is 11.6 Å². The van der Waals surface area contributed by atoms with Gasteiger partial charge in [0.05, 0.1) is 18.2 Å². The molecule has 176 valence electrons. The zero-order chi connectivity index (χ0) is 22.5. The van der Waals surface area contributed by atoms with E-state index in [0.717, 1.165) is 61.4 Å². The molecule has 1 atom stereocenters. The summed E-state index contributed by atoms with van der Waals surface area (Å²) in [5.74, 6) is 1.37. The summed E-state index contributed by atoms with van der Waals surface area (Å²) in [6.45, 7) is 5.35. The molecule has 2 aromatic rings. The Kier molecular flexibility index (Phi) is 8.08. The Bertz CT molecular complexity index is 886. The summed E-state index contributed by atoms with van der Waals surface area (Å²) >= 11 is 6.07. The topological polar surface area (TPSA) is 67.6 Å². The summed E-state index contributed by atoms with van der Waals surface area (Å²) in [5, 5.41) is 9.35. The van der Waals surface area contributed by atoms with Crippen LogP contribution in [0.25, 0.3) is 11.0 Å². The largest absolute Gasteiger partial charge is 0.381 e. The predicted molar refractivity (Wildman–Crippen MR) is 127 cm³/mol. The average Bonchev–Trinajstić information content (AvgIpc) is 3.21. The number of halogens is 1. The number of aromatic nitrogens is 1. The highest BCUT2D eigenvalue weighted by Crippen LogP contribution is 2.34. The number of hydrogen-bond donors (Lipinski definition) is 1.